The van der Waals surface area contributed by atoms with Crippen LogP contribution in [0.4, 0.5) is 0 Å². The fourth-order valence-corrected chi connectivity index (χ4v) is 4.53. The predicted octanol–water partition coefficient (Wildman–Crippen LogP) is -1.36. The van der Waals surface area contributed by atoms with Gasteiger partial charge in [-0.25, -0.2) is 4.79 Å². The molecule has 2 N–H and O–H groups in total. The van der Waals surface area contributed by atoms with Gasteiger partial charge in [-0.15, -0.1) is 11.8 Å². The second kappa shape index (κ2) is 7.76. The van der Waals surface area contributed by atoms with Gasteiger partial charge in [0.15, 0.2) is 0 Å². The average molecular weight is 406 g/mol. The van der Waals surface area contributed by atoms with Gasteiger partial charge in [-0.2, -0.15) is 0 Å². The van der Waals surface area contributed by atoms with Gasteiger partial charge in [0.05, 0.1) is 0 Å². The standard InChI is InChI=1S/C14H18N2O8S2/c1-7(17)24-4-8-5-25-13-14(23-2,15-9(18)6-26(3)22)12(21)16(13)10(8)11(19)20/h13H,4-6H2,1-3H3,(H,15,18)(H,19,20)/t13-,14+,26?/m1/s1. The number of ether oxygens (including phenoxy) is 2. The van der Waals surface area contributed by atoms with Gasteiger partial charge >= 0.3 is 11.9 Å². The predicted molar refractivity (Wildman–Crippen MR) is 91.2 cm³/mol. The molecule has 0 aromatic heterocycles. The van der Waals surface area contributed by atoms with Crippen LogP contribution in [-0.2, 0) is 39.5 Å². The zero-order valence-electron chi connectivity index (χ0n) is 14.3. The zero-order chi connectivity index (χ0) is 19.6. The summed E-state index contributed by atoms with van der Waals surface area (Å²) in [5.74, 6) is -3.47. The summed E-state index contributed by atoms with van der Waals surface area (Å²) >= 11 is 1.17. The number of rotatable bonds is 7. The van der Waals surface area contributed by atoms with Crippen LogP contribution in [-0.4, -0.2) is 80.5 Å². The normalized spacial score (nSPS) is 25.9. The number of carbonyl (C=O) groups is 4. The minimum absolute atomic E-state index is 0.171. The molecule has 144 valence electrons. The summed E-state index contributed by atoms with van der Waals surface area (Å²) in [6.45, 7) is 0.944. The Kier molecular flexibility index (Phi) is 6.09. The van der Waals surface area contributed by atoms with Gasteiger partial charge in [-0.05, 0) is 0 Å². The Bertz CT molecular complexity index is 722. The van der Waals surface area contributed by atoms with E-state index in [9.17, 15) is 28.5 Å². The number of methoxy groups -OCH3 is 1. The van der Waals surface area contributed by atoms with Crippen LogP contribution in [0.5, 0.6) is 0 Å². The number of carboxylic acids is 1. The molecule has 2 aliphatic rings. The largest absolute Gasteiger partial charge is 0.477 e. The summed E-state index contributed by atoms with van der Waals surface area (Å²) in [6.07, 6.45) is 1.34. The highest BCUT2D eigenvalue weighted by molar-refractivity contribution is 8.00. The molecule has 2 aliphatic heterocycles. The van der Waals surface area contributed by atoms with Crippen molar-refractivity contribution in [1.82, 2.24) is 10.2 Å². The number of aliphatic carboxylic acids is 1. The number of carboxylic acid groups (broad SMARTS) is 1. The third kappa shape index (κ3) is 3.62. The van der Waals surface area contributed by atoms with Crippen LogP contribution in [0.3, 0.4) is 0 Å². The van der Waals surface area contributed by atoms with Crippen LogP contribution >= 0.6 is 11.8 Å². The minimum atomic E-state index is -1.73. The number of thioether (sulfide) groups is 1. The third-order valence-corrected chi connectivity index (χ3v) is 5.79. The molecule has 1 fully saturated rings. The topological polar surface area (TPSA) is 139 Å². The van der Waals surface area contributed by atoms with E-state index in [2.05, 4.69) is 5.32 Å². The SMILES string of the molecule is CO[C@@]1(NC(=O)CS(C)=O)C(=O)N2C(C(=O)O)=C(COC(C)=O)CS[C@@H]21. The van der Waals surface area contributed by atoms with E-state index in [4.69, 9.17) is 9.47 Å². The van der Waals surface area contributed by atoms with Crippen molar-refractivity contribution in [2.45, 2.75) is 18.0 Å². The highest BCUT2D eigenvalue weighted by Gasteiger charge is 2.66. The van der Waals surface area contributed by atoms with Crippen molar-refractivity contribution < 1.29 is 38.0 Å². The Morgan fingerprint density at radius 2 is 2.12 bits per heavy atom. The monoisotopic (exact) mass is 406 g/mol. The smallest absolute Gasteiger partial charge is 0.352 e. The van der Waals surface area contributed by atoms with E-state index in [0.717, 1.165) is 4.90 Å². The highest BCUT2D eigenvalue weighted by Crippen LogP contribution is 2.46. The number of nitrogens with zero attached hydrogens (tertiary/aromatic N) is 1. The van der Waals surface area contributed by atoms with E-state index in [1.807, 2.05) is 0 Å². The zero-order valence-corrected chi connectivity index (χ0v) is 15.9. The molecule has 2 heterocycles. The van der Waals surface area contributed by atoms with Crippen LogP contribution in [0.2, 0.25) is 0 Å². The van der Waals surface area contributed by atoms with Gasteiger partial charge in [0.1, 0.15) is 23.4 Å². The van der Waals surface area contributed by atoms with Gasteiger partial charge in [0.25, 0.3) is 11.6 Å². The molecule has 0 aromatic carbocycles. The van der Waals surface area contributed by atoms with E-state index >= 15 is 0 Å². The quantitative estimate of drug-likeness (QED) is 0.298. The molecule has 2 amide bonds. The summed E-state index contributed by atoms with van der Waals surface area (Å²) < 4.78 is 21.3. The number of β-lactam (4-membered cyclic amide) rings is 1. The van der Waals surface area contributed by atoms with Crippen molar-refractivity contribution in [2.24, 2.45) is 0 Å². The van der Waals surface area contributed by atoms with Gasteiger partial charge in [0, 0.05) is 42.4 Å². The highest BCUT2D eigenvalue weighted by atomic mass is 32.2. The maximum Gasteiger partial charge on any atom is 0.352 e. The average Bonchev–Trinajstić information content (AvgIpc) is 2.55. The lowest BCUT2D eigenvalue weighted by atomic mass is 9.98. The van der Waals surface area contributed by atoms with E-state index < -0.39 is 45.7 Å². The van der Waals surface area contributed by atoms with Crippen LogP contribution in [0.25, 0.3) is 0 Å². The van der Waals surface area contributed by atoms with Gasteiger partial charge in [-0.1, -0.05) is 0 Å². The second-order valence-electron chi connectivity index (χ2n) is 5.58. The summed E-state index contributed by atoms with van der Waals surface area (Å²) in [5.41, 5.74) is -1.75. The Morgan fingerprint density at radius 3 is 2.62 bits per heavy atom. The molecular weight excluding hydrogens is 388 g/mol. The molecule has 0 aliphatic carbocycles. The molecule has 1 saturated heterocycles. The van der Waals surface area contributed by atoms with Gasteiger partial charge in [0.2, 0.25) is 5.91 Å². The van der Waals surface area contributed by atoms with Gasteiger partial charge in [-0.3, -0.25) is 23.5 Å². The number of fused-ring (bicyclic) bond motifs is 1. The van der Waals surface area contributed by atoms with E-state index in [1.165, 1.54) is 32.1 Å². The first-order valence-electron chi connectivity index (χ1n) is 7.34. The van der Waals surface area contributed by atoms with Crippen molar-refractivity contribution in [2.75, 3.05) is 31.5 Å². The Balaban J connectivity index is 2.29. The first-order chi connectivity index (χ1) is 12.1. The molecule has 3 atom stereocenters. The Hall–Kier alpha value is -1.92. The van der Waals surface area contributed by atoms with Crippen LogP contribution in [0.15, 0.2) is 11.3 Å². The summed E-state index contributed by atoms with van der Waals surface area (Å²) in [6, 6.07) is 0. The number of hydrogen-bond acceptors (Lipinski definition) is 8. The van der Waals surface area contributed by atoms with Gasteiger partial charge < -0.3 is 19.9 Å². The summed E-state index contributed by atoms with van der Waals surface area (Å²) in [7, 11) is -0.190. The molecule has 0 saturated carbocycles. The lowest BCUT2D eigenvalue weighted by molar-refractivity contribution is -0.192. The molecule has 10 nitrogen and oxygen atoms in total. The molecule has 0 bridgehead atoms. The minimum Gasteiger partial charge on any atom is -0.477 e. The molecule has 0 radical (unpaired) electrons. The lowest BCUT2D eigenvalue weighted by Gasteiger charge is -2.55. The first kappa shape index (κ1) is 20.4. The summed E-state index contributed by atoms with van der Waals surface area (Å²) in [4.78, 5) is 48.2. The molecule has 1 unspecified atom stereocenters. The van der Waals surface area contributed by atoms with E-state index in [1.54, 1.807) is 0 Å². The maximum absolute atomic E-state index is 12.7. The van der Waals surface area contributed by atoms with Crippen LogP contribution in [0, 0.1) is 0 Å². The van der Waals surface area contributed by atoms with Crippen molar-refractivity contribution in [1.29, 1.82) is 0 Å². The Morgan fingerprint density at radius 1 is 1.46 bits per heavy atom. The van der Waals surface area contributed by atoms with Crippen molar-refractivity contribution in [3.8, 4) is 0 Å². The molecule has 12 heteroatoms. The second-order valence-corrected chi connectivity index (χ2v) is 8.09. The van der Waals surface area contributed by atoms with Crippen LogP contribution < -0.4 is 5.32 Å². The van der Waals surface area contributed by atoms with Crippen LogP contribution in [0.1, 0.15) is 6.92 Å². The number of carbonyl (C=O) groups excluding carboxylic acids is 3. The van der Waals surface area contributed by atoms with E-state index in [0.29, 0.717) is 0 Å². The van der Waals surface area contributed by atoms with E-state index in [-0.39, 0.29) is 29.4 Å². The van der Waals surface area contributed by atoms with Crippen molar-refractivity contribution >= 4 is 46.3 Å². The molecule has 26 heavy (non-hydrogen) atoms. The summed E-state index contributed by atoms with van der Waals surface area (Å²) in [5, 5.41) is 11.1. The molecular formula is C14H18N2O8S2. The number of hydrogen-bond donors (Lipinski definition) is 2. The third-order valence-electron chi connectivity index (χ3n) is 3.74. The fourth-order valence-electron chi connectivity index (χ4n) is 2.67. The van der Waals surface area contributed by atoms with Crippen molar-refractivity contribution in [3.05, 3.63) is 11.3 Å². The number of nitrogens with one attached hydrogen (secondary N) is 1. The first-order valence-corrected chi connectivity index (χ1v) is 10.1. The number of esters is 1. The number of amides is 2. The maximum atomic E-state index is 12.7. The molecule has 2 rings (SSSR count). The fraction of sp³-hybridized carbons (Fsp3) is 0.571. The lowest BCUT2D eigenvalue weighted by Crippen LogP contribution is -2.81. The molecule has 0 aromatic rings. The Labute approximate surface area is 155 Å². The van der Waals surface area contributed by atoms with Crippen molar-refractivity contribution in [3.63, 3.8) is 0 Å². The molecule has 0 spiro atoms.